The number of nitrogen functional groups attached to an aromatic ring is 1. The third kappa shape index (κ3) is 1.12. The minimum atomic E-state index is -0.259. The van der Waals surface area contributed by atoms with Crippen LogP contribution in [0.5, 0.6) is 11.5 Å². The lowest BCUT2D eigenvalue weighted by molar-refractivity contribution is 0.402. The number of phenolic OH excluding ortho intramolecular Hbond substituents is 2. The van der Waals surface area contributed by atoms with E-state index in [0.717, 1.165) is 11.1 Å². The molecule has 0 bridgehead atoms. The molecule has 0 atom stereocenters. The second kappa shape index (κ2) is 2.86. The molecule has 0 saturated heterocycles. The van der Waals surface area contributed by atoms with Crippen LogP contribution >= 0.6 is 15.9 Å². The van der Waals surface area contributed by atoms with Gasteiger partial charge in [-0.2, -0.15) is 0 Å². The van der Waals surface area contributed by atoms with Crippen LogP contribution in [0, 0.1) is 13.8 Å². The van der Waals surface area contributed by atoms with Crippen LogP contribution in [0.4, 0.5) is 5.69 Å². The van der Waals surface area contributed by atoms with Crippen LogP contribution in [0.1, 0.15) is 11.1 Å². The van der Waals surface area contributed by atoms with Gasteiger partial charge in [0.05, 0.1) is 10.2 Å². The van der Waals surface area contributed by atoms with Gasteiger partial charge in [-0.1, -0.05) is 0 Å². The van der Waals surface area contributed by atoms with Gasteiger partial charge in [-0.15, -0.1) is 0 Å². The SMILES string of the molecule is Cc1c(C)c(Br)c(O)c(O)c1N. The Balaban J connectivity index is 3.60. The number of phenols is 2. The molecule has 12 heavy (non-hydrogen) atoms. The molecule has 4 N–H and O–H groups in total. The quantitative estimate of drug-likeness (QED) is 0.473. The standard InChI is InChI=1S/C8H10BrNO2/c1-3-4(2)6(10)8(12)7(11)5(3)9/h11-12H,10H2,1-2H3. The molecule has 0 aromatic heterocycles. The van der Waals surface area contributed by atoms with Crippen molar-refractivity contribution < 1.29 is 10.2 Å². The Morgan fingerprint density at radius 3 is 2.08 bits per heavy atom. The monoisotopic (exact) mass is 231 g/mol. The molecule has 1 rings (SSSR count). The maximum atomic E-state index is 9.32. The van der Waals surface area contributed by atoms with Gasteiger partial charge in [0, 0.05) is 0 Å². The van der Waals surface area contributed by atoms with E-state index < -0.39 is 0 Å². The van der Waals surface area contributed by atoms with E-state index >= 15 is 0 Å². The molecule has 1 aromatic rings. The Bertz CT molecular complexity index is 231. The van der Waals surface area contributed by atoms with Gasteiger partial charge in [-0.3, -0.25) is 0 Å². The Labute approximate surface area is 79.0 Å². The molecule has 1 aromatic carbocycles. The summed E-state index contributed by atoms with van der Waals surface area (Å²) in [6, 6.07) is 0. The predicted octanol–water partition coefficient (Wildman–Crippen LogP) is 2.06. The highest BCUT2D eigenvalue weighted by Gasteiger charge is 2.14. The topological polar surface area (TPSA) is 66.5 Å². The van der Waals surface area contributed by atoms with Crippen molar-refractivity contribution in [3.63, 3.8) is 0 Å². The molecule has 0 aliphatic heterocycles. The molecule has 0 aliphatic carbocycles. The van der Waals surface area contributed by atoms with Crippen LogP contribution in [0.3, 0.4) is 0 Å². The highest BCUT2D eigenvalue weighted by Crippen LogP contribution is 2.42. The second-order valence-corrected chi connectivity index (χ2v) is 3.47. The molecule has 0 saturated carbocycles. The van der Waals surface area contributed by atoms with Gasteiger partial charge in [-0.25, -0.2) is 0 Å². The second-order valence-electron chi connectivity index (χ2n) is 2.67. The average molecular weight is 232 g/mol. The molecular formula is C8H10BrNO2. The molecule has 3 nitrogen and oxygen atoms in total. The van der Waals surface area contributed by atoms with Crippen LogP contribution in [-0.2, 0) is 0 Å². The van der Waals surface area contributed by atoms with Gasteiger partial charge in [0.1, 0.15) is 0 Å². The fourth-order valence-electron chi connectivity index (χ4n) is 0.953. The molecule has 66 valence electrons. The van der Waals surface area contributed by atoms with Gasteiger partial charge >= 0.3 is 0 Å². The first-order valence-corrected chi connectivity index (χ1v) is 4.22. The van der Waals surface area contributed by atoms with Gasteiger partial charge in [-0.05, 0) is 40.9 Å². The molecule has 0 fully saturated rings. The largest absolute Gasteiger partial charge is 0.503 e. The van der Waals surface area contributed by atoms with Crippen molar-refractivity contribution in [3.8, 4) is 11.5 Å². The Morgan fingerprint density at radius 1 is 1.08 bits per heavy atom. The fraction of sp³-hybridized carbons (Fsp3) is 0.250. The number of hydrogen-bond donors (Lipinski definition) is 3. The summed E-state index contributed by atoms with van der Waals surface area (Å²) in [5, 5.41) is 18.6. The smallest absolute Gasteiger partial charge is 0.182 e. The zero-order chi connectivity index (χ0) is 9.46. The molecule has 4 heteroatoms. The van der Waals surface area contributed by atoms with E-state index in [0.29, 0.717) is 4.47 Å². The molecular weight excluding hydrogens is 222 g/mol. The summed E-state index contributed by atoms with van der Waals surface area (Å²) in [6.07, 6.45) is 0. The highest BCUT2D eigenvalue weighted by atomic mass is 79.9. The van der Waals surface area contributed by atoms with Crippen LogP contribution in [0.25, 0.3) is 0 Å². The lowest BCUT2D eigenvalue weighted by atomic mass is 10.1. The van der Waals surface area contributed by atoms with Crippen molar-refractivity contribution in [1.82, 2.24) is 0 Å². The summed E-state index contributed by atoms with van der Waals surface area (Å²) >= 11 is 3.15. The van der Waals surface area contributed by atoms with Gasteiger partial charge in [0.25, 0.3) is 0 Å². The van der Waals surface area contributed by atoms with Gasteiger partial charge < -0.3 is 15.9 Å². The van der Waals surface area contributed by atoms with E-state index in [2.05, 4.69) is 15.9 Å². The number of rotatable bonds is 0. The summed E-state index contributed by atoms with van der Waals surface area (Å²) in [6.45, 7) is 3.60. The van der Waals surface area contributed by atoms with E-state index in [9.17, 15) is 10.2 Å². The third-order valence-corrected chi connectivity index (χ3v) is 2.95. The number of halogens is 1. The normalized spacial score (nSPS) is 10.2. The summed E-state index contributed by atoms with van der Waals surface area (Å²) in [5.74, 6) is -0.458. The minimum absolute atomic E-state index is 0.199. The first kappa shape index (κ1) is 9.19. The summed E-state index contributed by atoms with van der Waals surface area (Å²) in [4.78, 5) is 0. The zero-order valence-corrected chi connectivity index (χ0v) is 8.44. The number of anilines is 1. The highest BCUT2D eigenvalue weighted by molar-refractivity contribution is 9.10. The zero-order valence-electron chi connectivity index (χ0n) is 6.85. The molecule has 0 radical (unpaired) electrons. The van der Waals surface area contributed by atoms with Crippen molar-refractivity contribution in [2.24, 2.45) is 0 Å². The lowest BCUT2D eigenvalue weighted by Gasteiger charge is -2.10. The Hall–Kier alpha value is -0.900. The fourth-order valence-corrected chi connectivity index (χ4v) is 1.44. The number of hydrogen-bond acceptors (Lipinski definition) is 3. The molecule has 0 unspecified atom stereocenters. The Kier molecular flexibility index (Phi) is 2.19. The molecule has 0 amide bonds. The maximum Gasteiger partial charge on any atom is 0.182 e. The van der Waals surface area contributed by atoms with Crippen molar-refractivity contribution in [1.29, 1.82) is 0 Å². The molecule has 0 spiro atoms. The summed E-state index contributed by atoms with van der Waals surface area (Å²) in [7, 11) is 0. The molecule has 0 heterocycles. The van der Waals surface area contributed by atoms with E-state index in [1.807, 2.05) is 6.92 Å². The predicted molar refractivity (Wildman–Crippen MR) is 51.4 cm³/mol. The number of aromatic hydroxyl groups is 2. The van der Waals surface area contributed by atoms with E-state index in [1.165, 1.54) is 0 Å². The summed E-state index contributed by atoms with van der Waals surface area (Å²) < 4.78 is 0.492. The van der Waals surface area contributed by atoms with Crippen LogP contribution < -0.4 is 5.73 Å². The van der Waals surface area contributed by atoms with Gasteiger partial charge in [0.15, 0.2) is 11.5 Å². The van der Waals surface area contributed by atoms with Crippen molar-refractivity contribution in [2.75, 3.05) is 5.73 Å². The number of benzene rings is 1. The van der Waals surface area contributed by atoms with Crippen LogP contribution in [-0.4, -0.2) is 10.2 Å². The van der Waals surface area contributed by atoms with E-state index in [4.69, 9.17) is 5.73 Å². The number of nitrogens with two attached hydrogens (primary N) is 1. The van der Waals surface area contributed by atoms with Crippen molar-refractivity contribution >= 4 is 21.6 Å². The van der Waals surface area contributed by atoms with Gasteiger partial charge in [0.2, 0.25) is 0 Å². The Morgan fingerprint density at radius 2 is 1.58 bits per heavy atom. The van der Waals surface area contributed by atoms with Crippen LogP contribution in [0.15, 0.2) is 4.47 Å². The third-order valence-electron chi connectivity index (χ3n) is 1.98. The average Bonchev–Trinajstić information content (AvgIpc) is 2.08. The maximum absolute atomic E-state index is 9.32. The first-order valence-electron chi connectivity index (χ1n) is 3.42. The lowest BCUT2D eigenvalue weighted by Crippen LogP contribution is -1.94. The summed E-state index contributed by atoms with van der Waals surface area (Å²) in [5.41, 5.74) is 7.36. The first-order chi connectivity index (χ1) is 5.46. The minimum Gasteiger partial charge on any atom is -0.503 e. The van der Waals surface area contributed by atoms with E-state index in [1.54, 1.807) is 6.92 Å². The van der Waals surface area contributed by atoms with Crippen molar-refractivity contribution in [2.45, 2.75) is 13.8 Å². The molecule has 0 aliphatic rings. The van der Waals surface area contributed by atoms with Crippen LogP contribution in [0.2, 0.25) is 0 Å². The van der Waals surface area contributed by atoms with E-state index in [-0.39, 0.29) is 17.2 Å². The van der Waals surface area contributed by atoms with Crippen molar-refractivity contribution in [3.05, 3.63) is 15.6 Å².